The van der Waals surface area contributed by atoms with E-state index in [1.54, 1.807) is 10.9 Å². The Kier molecular flexibility index (Phi) is 3.99. The molecule has 0 N–H and O–H groups in total. The summed E-state index contributed by atoms with van der Waals surface area (Å²) in [5.41, 5.74) is 4.80. The topological polar surface area (TPSA) is 80.0 Å². The molecule has 0 spiro atoms. The lowest BCUT2D eigenvalue weighted by Crippen LogP contribution is -2.68. The van der Waals surface area contributed by atoms with Gasteiger partial charge in [-0.2, -0.15) is 5.10 Å². The van der Waals surface area contributed by atoms with E-state index < -0.39 is 0 Å². The van der Waals surface area contributed by atoms with Crippen LogP contribution in [0.25, 0.3) is 33.3 Å². The predicted octanol–water partition coefficient (Wildman–Crippen LogP) is 2.51. The van der Waals surface area contributed by atoms with Gasteiger partial charge in [0.05, 0.1) is 41.9 Å². The van der Waals surface area contributed by atoms with E-state index in [4.69, 9.17) is 9.97 Å². The smallest absolute Gasteiger partial charge is 0.210 e. The number of amides is 1. The first-order chi connectivity index (χ1) is 15.2. The summed E-state index contributed by atoms with van der Waals surface area (Å²) in [7, 11) is 1.91. The number of pyridine rings is 1. The molecule has 0 radical (unpaired) electrons. The largest absolute Gasteiger partial charge is 0.351 e. The molecule has 8 heteroatoms. The Hall–Kier alpha value is -3.81. The van der Waals surface area contributed by atoms with Gasteiger partial charge >= 0.3 is 0 Å². The third-order valence-electron chi connectivity index (χ3n) is 6.37. The Morgan fingerprint density at radius 2 is 1.90 bits per heavy atom. The van der Waals surface area contributed by atoms with E-state index in [0.29, 0.717) is 12.1 Å². The molecule has 2 atom stereocenters. The highest BCUT2D eigenvalue weighted by Crippen LogP contribution is 2.34. The molecule has 4 aromatic rings. The Morgan fingerprint density at radius 1 is 1.03 bits per heavy atom. The third kappa shape index (κ3) is 2.94. The molecule has 3 aliphatic rings. The van der Waals surface area contributed by atoms with Crippen LogP contribution in [0.15, 0.2) is 55.2 Å². The van der Waals surface area contributed by atoms with E-state index >= 15 is 0 Å². The van der Waals surface area contributed by atoms with Gasteiger partial charge in [-0.15, -0.1) is 0 Å². The van der Waals surface area contributed by atoms with Crippen LogP contribution in [0.5, 0.6) is 0 Å². The van der Waals surface area contributed by atoms with Crippen molar-refractivity contribution in [1.29, 1.82) is 0 Å². The van der Waals surface area contributed by atoms with Crippen molar-refractivity contribution in [1.82, 2.24) is 29.6 Å². The van der Waals surface area contributed by atoms with Gasteiger partial charge in [-0.1, -0.05) is 6.07 Å². The van der Waals surface area contributed by atoms with Crippen molar-refractivity contribution in [3.63, 3.8) is 0 Å². The molecule has 3 aromatic heterocycles. The maximum absolute atomic E-state index is 11.2. The molecular weight excluding hydrogens is 390 g/mol. The molecule has 2 unspecified atom stereocenters. The van der Waals surface area contributed by atoms with Gasteiger partial charge in [0, 0.05) is 49.0 Å². The van der Waals surface area contributed by atoms with Gasteiger partial charge in [-0.05, 0) is 30.2 Å². The van der Waals surface area contributed by atoms with Crippen molar-refractivity contribution in [3.05, 3.63) is 55.2 Å². The fourth-order valence-electron chi connectivity index (χ4n) is 4.75. The quantitative estimate of drug-likeness (QED) is 0.480. The van der Waals surface area contributed by atoms with Crippen LogP contribution in [0.1, 0.15) is 6.42 Å². The Morgan fingerprint density at radius 3 is 2.61 bits per heavy atom. The Labute approximate surface area is 179 Å². The number of anilines is 1. The molecule has 7 rings (SSSR count). The number of piperazine rings is 1. The first-order valence-electron chi connectivity index (χ1n) is 10.4. The highest BCUT2D eigenvalue weighted by Gasteiger charge is 2.44. The summed E-state index contributed by atoms with van der Waals surface area (Å²) < 4.78 is 1.79. The van der Waals surface area contributed by atoms with Crippen molar-refractivity contribution in [3.8, 4) is 22.4 Å². The van der Waals surface area contributed by atoms with Gasteiger partial charge in [-0.3, -0.25) is 19.4 Å². The number of benzene rings is 1. The fourth-order valence-corrected chi connectivity index (χ4v) is 4.75. The minimum absolute atomic E-state index is 0.295. The summed E-state index contributed by atoms with van der Waals surface area (Å²) in [6.07, 6.45) is 11.4. The van der Waals surface area contributed by atoms with Crippen LogP contribution in [-0.2, 0) is 11.8 Å². The van der Waals surface area contributed by atoms with E-state index in [1.165, 1.54) is 0 Å². The van der Waals surface area contributed by atoms with Crippen LogP contribution in [0, 0.1) is 0 Å². The number of carbonyl (C=O) groups excluding carboxylic acids is 1. The second kappa shape index (κ2) is 6.87. The number of hydrogen-bond acceptors (Lipinski definition) is 6. The highest BCUT2D eigenvalue weighted by atomic mass is 16.1. The zero-order valence-electron chi connectivity index (χ0n) is 17.1. The summed E-state index contributed by atoms with van der Waals surface area (Å²) >= 11 is 0. The van der Waals surface area contributed by atoms with E-state index in [1.807, 2.05) is 42.8 Å². The van der Waals surface area contributed by atoms with E-state index in [0.717, 1.165) is 65.0 Å². The third-order valence-corrected chi connectivity index (χ3v) is 6.37. The van der Waals surface area contributed by atoms with Gasteiger partial charge in [0.1, 0.15) is 5.82 Å². The van der Waals surface area contributed by atoms with Gasteiger partial charge in [0.25, 0.3) is 0 Å². The van der Waals surface area contributed by atoms with Crippen molar-refractivity contribution in [2.45, 2.75) is 18.5 Å². The number of carbonyl (C=O) groups is 1. The van der Waals surface area contributed by atoms with Gasteiger partial charge in [-0.25, -0.2) is 4.98 Å². The maximum Gasteiger partial charge on any atom is 0.210 e. The number of fused-ring (bicyclic) bond motifs is 3. The molecule has 0 saturated carbocycles. The lowest BCUT2D eigenvalue weighted by molar-refractivity contribution is -0.131. The molecule has 1 amide bonds. The summed E-state index contributed by atoms with van der Waals surface area (Å²) in [5, 5.41) is 5.34. The van der Waals surface area contributed by atoms with Crippen LogP contribution < -0.4 is 4.90 Å². The molecule has 0 aliphatic carbocycles. The standard InChI is InChI=1S/C23H21N7O/c1-28-11-16(8-27-28)15-5-20(19-3-2-4-24-21(19)6-15)22-9-26-23(10-25-22)29-12-17-7-18(13-29)30(17)14-31/h2-6,8-11,14,17-18H,7,12-13H2,1H3. The van der Waals surface area contributed by atoms with Crippen molar-refractivity contribution in [2.75, 3.05) is 18.0 Å². The number of piperidine rings is 1. The van der Waals surface area contributed by atoms with Crippen molar-refractivity contribution >= 4 is 23.1 Å². The van der Waals surface area contributed by atoms with Gasteiger partial charge < -0.3 is 9.80 Å². The summed E-state index contributed by atoms with van der Waals surface area (Å²) in [5.74, 6) is 0.856. The molecule has 2 bridgehead atoms. The SMILES string of the molecule is Cn1cc(-c2cc(-c3cnc(N4CC5CC(C4)N5C=O)cn3)c3cccnc3c2)cn1. The molecule has 1 aromatic carbocycles. The lowest BCUT2D eigenvalue weighted by atomic mass is 9.88. The van der Waals surface area contributed by atoms with Crippen LogP contribution in [0.2, 0.25) is 0 Å². The molecule has 3 aliphatic heterocycles. The number of aromatic nitrogens is 5. The summed E-state index contributed by atoms with van der Waals surface area (Å²) in [6, 6.07) is 8.80. The maximum atomic E-state index is 11.2. The zero-order valence-corrected chi connectivity index (χ0v) is 17.1. The molecule has 154 valence electrons. The normalized spacial score (nSPS) is 20.0. The minimum atomic E-state index is 0.295. The lowest BCUT2D eigenvalue weighted by Gasteiger charge is -2.54. The van der Waals surface area contributed by atoms with Crippen LogP contribution >= 0.6 is 0 Å². The highest BCUT2D eigenvalue weighted by molar-refractivity contribution is 5.97. The second-order valence-corrected chi connectivity index (χ2v) is 8.26. The molecule has 8 nitrogen and oxygen atoms in total. The molecular formula is C23H21N7O. The second-order valence-electron chi connectivity index (χ2n) is 8.26. The van der Waals surface area contributed by atoms with E-state index in [-0.39, 0.29) is 0 Å². The number of rotatable bonds is 4. The van der Waals surface area contributed by atoms with Crippen LogP contribution in [0.4, 0.5) is 5.82 Å². The van der Waals surface area contributed by atoms with E-state index in [2.05, 4.69) is 33.2 Å². The minimum Gasteiger partial charge on any atom is -0.351 e. The first-order valence-corrected chi connectivity index (χ1v) is 10.4. The summed E-state index contributed by atoms with van der Waals surface area (Å²) in [6.45, 7) is 1.62. The van der Waals surface area contributed by atoms with Crippen molar-refractivity contribution in [2.24, 2.45) is 7.05 Å². The molecule has 3 saturated heterocycles. The number of nitrogens with zero attached hydrogens (tertiary/aromatic N) is 7. The Balaban J connectivity index is 1.36. The first kappa shape index (κ1) is 18.0. The van der Waals surface area contributed by atoms with E-state index in [9.17, 15) is 4.79 Å². The van der Waals surface area contributed by atoms with Crippen LogP contribution in [-0.4, -0.2) is 61.2 Å². The van der Waals surface area contributed by atoms with Crippen molar-refractivity contribution < 1.29 is 4.79 Å². The molecule has 6 heterocycles. The monoisotopic (exact) mass is 411 g/mol. The molecule has 31 heavy (non-hydrogen) atoms. The average molecular weight is 411 g/mol. The summed E-state index contributed by atoms with van der Waals surface area (Å²) in [4.78, 5) is 29.3. The average Bonchev–Trinajstić information content (AvgIpc) is 3.25. The zero-order chi connectivity index (χ0) is 20.9. The van der Waals surface area contributed by atoms with Crippen LogP contribution in [0.3, 0.4) is 0 Å². The molecule has 3 fully saturated rings. The number of hydrogen-bond donors (Lipinski definition) is 0. The van der Waals surface area contributed by atoms with Gasteiger partial charge in [0.2, 0.25) is 6.41 Å². The predicted molar refractivity (Wildman–Crippen MR) is 117 cm³/mol. The fraction of sp³-hybridized carbons (Fsp3) is 0.261. The Bertz CT molecular complexity index is 1270. The van der Waals surface area contributed by atoms with Gasteiger partial charge in [0.15, 0.2) is 0 Å². The number of aryl methyl sites for hydroxylation is 1.